The first-order valence-electron chi connectivity index (χ1n) is 7.29. The molecule has 2 aromatic rings. The molecule has 3 rings (SSSR count). The van der Waals surface area contributed by atoms with Crippen molar-refractivity contribution in [2.24, 2.45) is 0 Å². The predicted molar refractivity (Wildman–Crippen MR) is 85.2 cm³/mol. The molecule has 1 aliphatic carbocycles. The Morgan fingerprint density at radius 2 is 2.09 bits per heavy atom. The molecule has 1 aromatic heterocycles. The summed E-state index contributed by atoms with van der Waals surface area (Å²) < 4.78 is 4.99. The summed E-state index contributed by atoms with van der Waals surface area (Å²) in [5, 5.41) is 3.19. The molecule has 1 amide bonds. The van der Waals surface area contributed by atoms with Gasteiger partial charge in [-0.05, 0) is 36.1 Å². The first-order valence-corrected chi connectivity index (χ1v) is 7.67. The van der Waals surface area contributed by atoms with Gasteiger partial charge in [0.1, 0.15) is 5.15 Å². The number of carbonyl (C=O) groups excluding carboxylic acids is 2. The third kappa shape index (κ3) is 3.68. The molecule has 1 unspecified atom stereocenters. The molecule has 0 aliphatic heterocycles. The Morgan fingerprint density at radius 1 is 1.26 bits per heavy atom. The van der Waals surface area contributed by atoms with Gasteiger partial charge in [0.05, 0.1) is 11.6 Å². The summed E-state index contributed by atoms with van der Waals surface area (Å²) in [7, 11) is 0. The quantitative estimate of drug-likeness (QED) is 0.691. The fraction of sp³-hybridized carbons (Fsp3) is 0.235. The van der Waals surface area contributed by atoms with E-state index in [1.165, 1.54) is 23.9 Å². The highest BCUT2D eigenvalue weighted by molar-refractivity contribution is 6.29. The lowest BCUT2D eigenvalue weighted by molar-refractivity contribution is -0.125. The Morgan fingerprint density at radius 3 is 2.87 bits per heavy atom. The fourth-order valence-corrected chi connectivity index (χ4v) is 2.77. The Kier molecular flexibility index (Phi) is 4.57. The average Bonchev–Trinajstić information content (AvgIpc) is 2.96. The third-order valence-electron chi connectivity index (χ3n) is 3.77. The van der Waals surface area contributed by atoms with Gasteiger partial charge in [-0.2, -0.15) is 0 Å². The number of aromatic nitrogens is 1. The van der Waals surface area contributed by atoms with Crippen LogP contribution in [0.25, 0.3) is 0 Å². The molecule has 1 heterocycles. The summed E-state index contributed by atoms with van der Waals surface area (Å²) in [5.74, 6) is -0.918. The van der Waals surface area contributed by atoms with Gasteiger partial charge in [-0.1, -0.05) is 35.9 Å². The van der Waals surface area contributed by atoms with Crippen LogP contribution in [-0.4, -0.2) is 23.5 Å². The molecule has 23 heavy (non-hydrogen) atoms. The largest absolute Gasteiger partial charge is 0.452 e. The van der Waals surface area contributed by atoms with Crippen LogP contribution < -0.4 is 5.32 Å². The Hall–Kier alpha value is -2.40. The number of nitrogens with zero attached hydrogens (tertiary/aromatic N) is 1. The minimum absolute atomic E-state index is 0.0189. The van der Waals surface area contributed by atoms with Gasteiger partial charge in [0.15, 0.2) is 6.61 Å². The van der Waals surface area contributed by atoms with Crippen molar-refractivity contribution in [3.63, 3.8) is 0 Å². The number of ether oxygens (including phenoxy) is 1. The highest BCUT2D eigenvalue weighted by Gasteiger charge is 2.23. The molecule has 1 N–H and O–H groups in total. The Bertz CT molecular complexity index is 731. The van der Waals surface area contributed by atoms with Crippen molar-refractivity contribution < 1.29 is 14.3 Å². The second kappa shape index (κ2) is 6.79. The second-order valence-corrected chi connectivity index (χ2v) is 5.69. The number of aryl methyl sites for hydroxylation is 1. The molecule has 0 saturated heterocycles. The first-order chi connectivity index (χ1) is 11.1. The number of nitrogens with one attached hydrogen (secondary N) is 1. The van der Waals surface area contributed by atoms with Crippen LogP contribution in [0.3, 0.4) is 0 Å². The molecule has 1 aliphatic rings. The molecule has 1 aromatic carbocycles. The van der Waals surface area contributed by atoms with Crippen LogP contribution in [0.15, 0.2) is 42.6 Å². The van der Waals surface area contributed by atoms with E-state index in [2.05, 4.69) is 16.4 Å². The summed E-state index contributed by atoms with van der Waals surface area (Å²) in [4.78, 5) is 27.6. The number of esters is 1. The molecule has 0 saturated carbocycles. The van der Waals surface area contributed by atoms with Crippen LogP contribution in [0, 0.1) is 0 Å². The molecule has 0 spiro atoms. The van der Waals surface area contributed by atoms with Crippen LogP contribution in [0.5, 0.6) is 0 Å². The second-order valence-electron chi connectivity index (χ2n) is 5.30. The van der Waals surface area contributed by atoms with E-state index in [-0.39, 0.29) is 24.1 Å². The molecule has 0 bridgehead atoms. The van der Waals surface area contributed by atoms with E-state index in [9.17, 15) is 9.59 Å². The number of amides is 1. The normalized spacial score (nSPS) is 15.8. The summed E-state index contributed by atoms with van der Waals surface area (Å²) in [6.07, 6.45) is 3.12. The minimum Gasteiger partial charge on any atom is -0.452 e. The van der Waals surface area contributed by atoms with Gasteiger partial charge in [-0.25, -0.2) is 9.78 Å². The number of halogens is 1. The lowest BCUT2D eigenvalue weighted by Crippen LogP contribution is -2.31. The van der Waals surface area contributed by atoms with E-state index in [0.717, 1.165) is 18.4 Å². The maximum atomic E-state index is 12.0. The van der Waals surface area contributed by atoms with E-state index in [1.807, 2.05) is 18.2 Å². The number of benzene rings is 1. The van der Waals surface area contributed by atoms with Gasteiger partial charge in [-0.3, -0.25) is 4.79 Å². The monoisotopic (exact) mass is 330 g/mol. The van der Waals surface area contributed by atoms with Gasteiger partial charge in [-0.15, -0.1) is 0 Å². The summed E-state index contributed by atoms with van der Waals surface area (Å²) >= 11 is 5.65. The number of pyridine rings is 1. The molecule has 118 valence electrons. The van der Waals surface area contributed by atoms with Crippen LogP contribution >= 0.6 is 11.6 Å². The maximum absolute atomic E-state index is 12.0. The third-order valence-corrected chi connectivity index (χ3v) is 3.99. The first kappa shape index (κ1) is 15.5. The number of fused-ring (bicyclic) bond motifs is 1. The van der Waals surface area contributed by atoms with Gasteiger partial charge >= 0.3 is 5.97 Å². The Balaban J connectivity index is 1.52. The van der Waals surface area contributed by atoms with Gasteiger partial charge in [0.2, 0.25) is 0 Å². The highest BCUT2D eigenvalue weighted by atomic mass is 35.5. The van der Waals surface area contributed by atoms with Gasteiger partial charge in [0.25, 0.3) is 5.91 Å². The van der Waals surface area contributed by atoms with Crippen molar-refractivity contribution >= 4 is 23.5 Å². The van der Waals surface area contributed by atoms with E-state index >= 15 is 0 Å². The lowest BCUT2D eigenvalue weighted by atomic mass is 10.1. The molecule has 5 nitrogen and oxygen atoms in total. The molecule has 0 fully saturated rings. The highest BCUT2D eigenvalue weighted by Crippen LogP contribution is 2.30. The van der Waals surface area contributed by atoms with Crippen molar-refractivity contribution in [3.8, 4) is 0 Å². The van der Waals surface area contributed by atoms with Crippen molar-refractivity contribution in [1.29, 1.82) is 0 Å². The van der Waals surface area contributed by atoms with Gasteiger partial charge in [0, 0.05) is 6.20 Å². The van der Waals surface area contributed by atoms with Crippen molar-refractivity contribution in [1.82, 2.24) is 10.3 Å². The maximum Gasteiger partial charge on any atom is 0.340 e. The van der Waals surface area contributed by atoms with Crippen LogP contribution in [0.1, 0.15) is 33.9 Å². The van der Waals surface area contributed by atoms with Crippen molar-refractivity contribution in [2.45, 2.75) is 18.9 Å². The van der Waals surface area contributed by atoms with Crippen molar-refractivity contribution in [2.75, 3.05) is 6.61 Å². The van der Waals surface area contributed by atoms with Crippen molar-refractivity contribution in [3.05, 3.63) is 64.4 Å². The SMILES string of the molecule is O=C(COC(=O)c1ccc(Cl)nc1)NC1CCc2ccccc21. The molecular formula is C17H15ClN2O3. The predicted octanol–water partition coefficient (Wildman–Crippen LogP) is 2.70. The van der Waals surface area contributed by atoms with E-state index in [1.54, 1.807) is 0 Å². The van der Waals surface area contributed by atoms with Crippen LogP contribution in [-0.2, 0) is 16.0 Å². The van der Waals surface area contributed by atoms with Gasteiger partial charge < -0.3 is 10.1 Å². The average molecular weight is 331 g/mol. The molecule has 1 atom stereocenters. The topological polar surface area (TPSA) is 68.3 Å². The smallest absolute Gasteiger partial charge is 0.340 e. The van der Waals surface area contributed by atoms with E-state index in [0.29, 0.717) is 5.15 Å². The zero-order valence-electron chi connectivity index (χ0n) is 12.3. The fourth-order valence-electron chi connectivity index (χ4n) is 2.65. The zero-order valence-corrected chi connectivity index (χ0v) is 13.0. The minimum atomic E-state index is -0.601. The van der Waals surface area contributed by atoms with E-state index < -0.39 is 5.97 Å². The standard InChI is InChI=1S/C17H15ClN2O3/c18-15-8-6-12(9-19-15)17(22)23-10-16(21)20-14-7-5-11-3-1-2-4-13(11)14/h1-4,6,8-9,14H,5,7,10H2,(H,20,21). The summed E-state index contributed by atoms with van der Waals surface area (Å²) in [5.41, 5.74) is 2.64. The summed E-state index contributed by atoms with van der Waals surface area (Å²) in [6, 6.07) is 11.0. The number of carbonyl (C=O) groups is 2. The zero-order chi connectivity index (χ0) is 16.2. The summed E-state index contributed by atoms with van der Waals surface area (Å²) in [6.45, 7) is -0.319. The number of rotatable bonds is 4. The molecular weight excluding hydrogens is 316 g/mol. The van der Waals surface area contributed by atoms with Crippen LogP contribution in [0.4, 0.5) is 0 Å². The molecule has 0 radical (unpaired) electrons. The Labute approximate surface area is 138 Å². The lowest BCUT2D eigenvalue weighted by Gasteiger charge is -2.14. The number of hydrogen-bond donors (Lipinski definition) is 1. The van der Waals surface area contributed by atoms with Crippen LogP contribution in [0.2, 0.25) is 5.15 Å². The molecule has 6 heteroatoms. The van der Waals surface area contributed by atoms with E-state index in [4.69, 9.17) is 16.3 Å². The number of hydrogen-bond acceptors (Lipinski definition) is 4.